The van der Waals surface area contributed by atoms with E-state index in [1.54, 1.807) is 6.92 Å². The third-order valence-corrected chi connectivity index (χ3v) is 1.66. The highest BCUT2D eigenvalue weighted by Gasteiger charge is 2.03. The maximum atomic E-state index is 10.3. The molecule has 1 unspecified atom stereocenters. The molecule has 1 atom stereocenters. The lowest BCUT2D eigenvalue weighted by Crippen LogP contribution is -2.23. The summed E-state index contributed by atoms with van der Waals surface area (Å²) >= 11 is 0. The number of hydrogen-bond acceptors (Lipinski definition) is 3. The zero-order valence-electron chi connectivity index (χ0n) is 5.78. The van der Waals surface area contributed by atoms with Crippen LogP contribution in [0.1, 0.15) is 13.3 Å². The topological polar surface area (TPSA) is 86.2 Å². The molecular formula is C4H13ClN2O2S. The van der Waals surface area contributed by atoms with Crippen LogP contribution >= 0.6 is 12.4 Å². The second kappa shape index (κ2) is 4.90. The van der Waals surface area contributed by atoms with Crippen molar-refractivity contribution in [2.24, 2.45) is 10.9 Å². The average Bonchev–Trinajstić information content (AvgIpc) is 1.59. The van der Waals surface area contributed by atoms with E-state index >= 15 is 0 Å². The highest BCUT2D eigenvalue weighted by molar-refractivity contribution is 7.89. The molecule has 0 aliphatic heterocycles. The van der Waals surface area contributed by atoms with Crippen molar-refractivity contribution in [3.63, 3.8) is 0 Å². The molecule has 64 valence electrons. The summed E-state index contributed by atoms with van der Waals surface area (Å²) < 4.78 is 20.5. The summed E-state index contributed by atoms with van der Waals surface area (Å²) in [7, 11) is -3.30. The molecule has 0 radical (unpaired) electrons. The predicted molar refractivity (Wildman–Crippen MR) is 43.5 cm³/mol. The highest BCUT2D eigenvalue weighted by Crippen LogP contribution is 1.88. The van der Waals surface area contributed by atoms with Gasteiger partial charge in [-0.05, 0) is 13.3 Å². The summed E-state index contributed by atoms with van der Waals surface area (Å²) in [5, 5.41) is 4.70. The van der Waals surface area contributed by atoms with E-state index in [-0.39, 0.29) is 24.2 Å². The molecule has 0 saturated heterocycles. The molecule has 0 bridgehead atoms. The maximum absolute atomic E-state index is 10.3. The Kier molecular flexibility index (Phi) is 6.27. The fraction of sp³-hybridized carbons (Fsp3) is 1.00. The summed E-state index contributed by atoms with van der Waals surface area (Å²) in [5.74, 6) is -0.0231. The lowest BCUT2D eigenvalue weighted by atomic mass is 10.3. The first-order chi connectivity index (χ1) is 3.92. The number of nitrogens with two attached hydrogens (primary N) is 2. The van der Waals surface area contributed by atoms with Crippen LogP contribution in [0.2, 0.25) is 0 Å². The van der Waals surface area contributed by atoms with Gasteiger partial charge in [-0.1, -0.05) is 0 Å². The molecule has 0 aliphatic carbocycles. The summed E-state index contributed by atoms with van der Waals surface area (Å²) in [5.41, 5.74) is 5.28. The van der Waals surface area contributed by atoms with Gasteiger partial charge in [-0.3, -0.25) is 0 Å². The van der Waals surface area contributed by atoms with E-state index in [0.29, 0.717) is 6.42 Å². The molecule has 0 aromatic heterocycles. The number of sulfonamides is 1. The van der Waals surface area contributed by atoms with Gasteiger partial charge in [0.15, 0.2) is 0 Å². The minimum absolute atomic E-state index is 0. The second-order valence-corrected chi connectivity index (χ2v) is 3.87. The quantitative estimate of drug-likeness (QED) is 0.622. The average molecular weight is 189 g/mol. The van der Waals surface area contributed by atoms with Crippen molar-refractivity contribution in [2.45, 2.75) is 19.4 Å². The minimum Gasteiger partial charge on any atom is -0.328 e. The van der Waals surface area contributed by atoms with Crippen molar-refractivity contribution in [3.8, 4) is 0 Å². The van der Waals surface area contributed by atoms with Gasteiger partial charge in [0.1, 0.15) is 0 Å². The molecule has 6 heteroatoms. The molecular weight excluding hydrogens is 176 g/mol. The Bertz CT molecular complexity index is 166. The molecule has 0 spiro atoms. The number of rotatable bonds is 3. The lowest BCUT2D eigenvalue weighted by molar-refractivity contribution is 0.589. The Balaban J connectivity index is 0. The van der Waals surface area contributed by atoms with Crippen molar-refractivity contribution in [1.29, 1.82) is 0 Å². The van der Waals surface area contributed by atoms with E-state index in [0.717, 1.165) is 0 Å². The molecule has 0 aromatic rings. The highest BCUT2D eigenvalue weighted by atomic mass is 35.5. The predicted octanol–water partition coefficient (Wildman–Crippen LogP) is -0.566. The van der Waals surface area contributed by atoms with Crippen molar-refractivity contribution in [1.82, 2.24) is 0 Å². The van der Waals surface area contributed by atoms with Gasteiger partial charge < -0.3 is 5.73 Å². The Morgan fingerprint density at radius 1 is 1.50 bits per heavy atom. The van der Waals surface area contributed by atoms with E-state index < -0.39 is 10.0 Å². The molecule has 4 nitrogen and oxygen atoms in total. The van der Waals surface area contributed by atoms with Gasteiger partial charge >= 0.3 is 0 Å². The van der Waals surface area contributed by atoms with Crippen LogP contribution in [0, 0.1) is 0 Å². The van der Waals surface area contributed by atoms with Crippen LogP contribution < -0.4 is 10.9 Å². The minimum atomic E-state index is -3.30. The molecule has 0 aromatic carbocycles. The van der Waals surface area contributed by atoms with Crippen LogP contribution in [-0.2, 0) is 10.0 Å². The van der Waals surface area contributed by atoms with Crippen LogP contribution in [0.3, 0.4) is 0 Å². The van der Waals surface area contributed by atoms with Gasteiger partial charge in [-0.15, -0.1) is 12.4 Å². The van der Waals surface area contributed by atoms with Gasteiger partial charge in [0.05, 0.1) is 5.75 Å². The van der Waals surface area contributed by atoms with E-state index in [4.69, 9.17) is 10.9 Å². The zero-order chi connectivity index (χ0) is 7.49. The molecule has 0 aliphatic rings. The van der Waals surface area contributed by atoms with E-state index in [9.17, 15) is 8.42 Å². The first kappa shape index (κ1) is 12.8. The van der Waals surface area contributed by atoms with Gasteiger partial charge in [0.25, 0.3) is 0 Å². The molecule has 10 heavy (non-hydrogen) atoms. The molecule has 0 saturated carbocycles. The first-order valence-electron chi connectivity index (χ1n) is 2.68. The monoisotopic (exact) mass is 188 g/mol. The van der Waals surface area contributed by atoms with Crippen LogP contribution in [0.4, 0.5) is 0 Å². The first-order valence-corrected chi connectivity index (χ1v) is 4.39. The largest absolute Gasteiger partial charge is 0.328 e. The number of halogens is 1. The summed E-state index contributed by atoms with van der Waals surface area (Å²) in [6.07, 6.45) is 0.429. The van der Waals surface area contributed by atoms with Crippen molar-refractivity contribution >= 4 is 22.4 Å². The standard InChI is InChI=1S/C4H12N2O2S.ClH/c1-4(5)2-3-9(6,7)8;/h4H,2-3,5H2,1H3,(H2,6,7,8);1H. The fourth-order valence-electron chi connectivity index (χ4n) is 0.350. The molecule has 0 heterocycles. The summed E-state index contributed by atoms with van der Waals surface area (Å²) in [6.45, 7) is 1.74. The second-order valence-electron chi connectivity index (χ2n) is 2.13. The smallest absolute Gasteiger partial charge is 0.209 e. The maximum Gasteiger partial charge on any atom is 0.209 e. The van der Waals surface area contributed by atoms with Gasteiger partial charge in [-0.2, -0.15) is 0 Å². The Morgan fingerprint density at radius 2 is 1.90 bits per heavy atom. The van der Waals surface area contributed by atoms with Crippen molar-refractivity contribution in [2.75, 3.05) is 5.75 Å². The number of primary sulfonamides is 1. The normalized spacial score (nSPS) is 13.9. The fourth-order valence-corrected chi connectivity index (χ4v) is 1.05. The van der Waals surface area contributed by atoms with Gasteiger partial charge in [-0.25, -0.2) is 13.6 Å². The number of hydrogen-bond donors (Lipinski definition) is 2. The van der Waals surface area contributed by atoms with Gasteiger partial charge in [0.2, 0.25) is 10.0 Å². The van der Waals surface area contributed by atoms with Crippen LogP contribution in [0.25, 0.3) is 0 Å². The van der Waals surface area contributed by atoms with Crippen molar-refractivity contribution in [3.05, 3.63) is 0 Å². The molecule has 0 rings (SSSR count). The van der Waals surface area contributed by atoms with E-state index in [2.05, 4.69) is 0 Å². The van der Waals surface area contributed by atoms with E-state index in [1.807, 2.05) is 0 Å². The molecule has 0 amide bonds. The summed E-state index contributed by atoms with van der Waals surface area (Å²) in [4.78, 5) is 0. The SMILES string of the molecule is CC(N)CCS(N)(=O)=O.Cl. The summed E-state index contributed by atoms with van der Waals surface area (Å²) in [6, 6.07) is -0.0941. The zero-order valence-corrected chi connectivity index (χ0v) is 7.41. The van der Waals surface area contributed by atoms with Gasteiger partial charge in [0, 0.05) is 6.04 Å². The Labute approximate surface area is 67.4 Å². The third-order valence-electron chi connectivity index (χ3n) is 0.858. The van der Waals surface area contributed by atoms with Crippen LogP contribution in [-0.4, -0.2) is 20.2 Å². The third kappa shape index (κ3) is 11.0. The van der Waals surface area contributed by atoms with E-state index in [1.165, 1.54) is 0 Å². The molecule has 0 fully saturated rings. The Hall–Kier alpha value is 0.160. The van der Waals surface area contributed by atoms with Crippen LogP contribution in [0.15, 0.2) is 0 Å². The molecule has 4 N–H and O–H groups in total. The Morgan fingerprint density at radius 3 is 2.00 bits per heavy atom. The van der Waals surface area contributed by atoms with Crippen LogP contribution in [0.5, 0.6) is 0 Å². The van der Waals surface area contributed by atoms with Crippen molar-refractivity contribution < 1.29 is 8.42 Å². The lowest BCUT2D eigenvalue weighted by Gasteiger charge is -2.00.